The highest BCUT2D eigenvalue weighted by Gasteiger charge is 2.21. The zero-order valence-corrected chi connectivity index (χ0v) is 12.7. The molecule has 0 saturated heterocycles. The van der Waals surface area contributed by atoms with Crippen molar-refractivity contribution in [3.63, 3.8) is 0 Å². The minimum atomic E-state index is -4.19. The summed E-state index contributed by atoms with van der Waals surface area (Å²) in [7, 11) is -2.76. The molecule has 1 aromatic carbocycles. The second kappa shape index (κ2) is 6.18. The highest BCUT2D eigenvalue weighted by atomic mass is 32.2. The number of sulfonamides is 1. The molecule has 0 aliphatic carbocycles. The first kappa shape index (κ1) is 16.6. The van der Waals surface area contributed by atoms with E-state index in [1.807, 2.05) is 6.07 Å². The number of hydrogen-bond donors (Lipinski definition) is 1. The van der Waals surface area contributed by atoms with E-state index in [-0.39, 0.29) is 17.0 Å². The third kappa shape index (κ3) is 3.73. The largest absolute Gasteiger partial charge is 0.331 e. The van der Waals surface area contributed by atoms with Crippen LogP contribution in [0.25, 0.3) is 0 Å². The summed E-state index contributed by atoms with van der Waals surface area (Å²) >= 11 is 0. The van der Waals surface area contributed by atoms with E-state index in [1.54, 1.807) is 4.72 Å². The number of hydrogen-bond acceptors (Lipinski definition) is 4. The van der Waals surface area contributed by atoms with Crippen LogP contribution in [-0.2, 0) is 22.8 Å². The molecule has 1 amide bonds. The normalized spacial score (nSPS) is 11.0. The quantitative estimate of drug-likeness (QED) is 0.912. The van der Waals surface area contributed by atoms with Crippen LogP contribution >= 0.6 is 0 Å². The number of carbonyl (C=O) groups excluding carboxylic acids is 1. The number of carbonyl (C=O) groups is 1. The van der Waals surface area contributed by atoms with Crippen molar-refractivity contribution in [1.29, 1.82) is 5.26 Å². The lowest BCUT2D eigenvalue weighted by Gasteiger charge is -2.08. The molecule has 0 atom stereocenters. The summed E-state index contributed by atoms with van der Waals surface area (Å²) in [6.45, 7) is 0. The van der Waals surface area contributed by atoms with Gasteiger partial charge in [-0.25, -0.2) is 21.9 Å². The zero-order valence-electron chi connectivity index (χ0n) is 11.9. The number of halogens is 2. The number of nitrogens with zero attached hydrogens (tertiary/aromatic N) is 2. The number of rotatable bonds is 4. The summed E-state index contributed by atoms with van der Waals surface area (Å²) in [6, 6.07) is 6.96. The first-order valence-corrected chi connectivity index (χ1v) is 7.93. The Labute approximate surface area is 131 Å². The van der Waals surface area contributed by atoms with Crippen LogP contribution in [0.2, 0.25) is 0 Å². The van der Waals surface area contributed by atoms with Crippen LogP contribution in [0.15, 0.2) is 30.3 Å². The molecule has 0 saturated carbocycles. The van der Waals surface area contributed by atoms with E-state index in [9.17, 15) is 22.0 Å². The van der Waals surface area contributed by atoms with Gasteiger partial charge >= 0.3 is 0 Å². The van der Waals surface area contributed by atoms with Gasteiger partial charge in [-0.3, -0.25) is 4.79 Å². The van der Waals surface area contributed by atoms with E-state index in [1.165, 1.54) is 23.7 Å². The van der Waals surface area contributed by atoms with Gasteiger partial charge < -0.3 is 4.57 Å². The molecule has 0 radical (unpaired) electrons. The first-order chi connectivity index (χ1) is 10.7. The lowest BCUT2D eigenvalue weighted by Crippen LogP contribution is -2.33. The van der Waals surface area contributed by atoms with Gasteiger partial charge in [-0.1, -0.05) is 6.07 Å². The molecule has 1 heterocycles. The zero-order chi connectivity index (χ0) is 17.2. The Hall–Kier alpha value is -2.73. The molecule has 0 aliphatic heterocycles. The SMILES string of the molecule is Cn1c(C#N)ccc1C(=O)NS(=O)(=O)Cc1ccc(F)cc1F. The molecule has 0 bridgehead atoms. The first-order valence-electron chi connectivity index (χ1n) is 6.28. The third-order valence-electron chi connectivity index (χ3n) is 3.08. The van der Waals surface area contributed by atoms with Crippen molar-refractivity contribution in [3.8, 4) is 6.07 Å². The molecule has 2 aromatic rings. The minimum absolute atomic E-state index is 0.0373. The maximum absolute atomic E-state index is 13.5. The highest BCUT2D eigenvalue weighted by Crippen LogP contribution is 2.13. The fourth-order valence-electron chi connectivity index (χ4n) is 1.92. The number of benzene rings is 1. The lowest BCUT2D eigenvalue weighted by molar-refractivity contribution is 0.0973. The van der Waals surface area contributed by atoms with E-state index in [4.69, 9.17) is 5.26 Å². The molecular weight excluding hydrogens is 328 g/mol. The topological polar surface area (TPSA) is 92.0 Å². The Bertz CT molecular complexity index is 914. The van der Waals surface area contributed by atoms with Gasteiger partial charge in [0.2, 0.25) is 10.0 Å². The molecule has 0 fully saturated rings. The maximum atomic E-state index is 13.5. The molecule has 9 heteroatoms. The van der Waals surface area contributed by atoms with E-state index < -0.39 is 33.3 Å². The van der Waals surface area contributed by atoms with Gasteiger partial charge in [0.25, 0.3) is 5.91 Å². The molecule has 0 unspecified atom stereocenters. The van der Waals surface area contributed by atoms with Crippen molar-refractivity contribution in [1.82, 2.24) is 9.29 Å². The maximum Gasteiger partial charge on any atom is 0.281 e. The van der Waals surface area contributed by atoms with Crippen molar-refractivity contribution in [2.24, 2.45) is 7.05 Å². The van der Waals surface area contributed by atoms with Crippen molar-refractivity contribution < 1.29 is 22.0 Å². The van der Waals surface area contributed by atoms with Gasteiger partial charge in [-0.2, -0.15) is 5.26 Å². The summed E-state index contributed by atoms with van der Waals surface area (Å²) in [5.41, 5.74) is -0.127. The van der Waals surface area contributed by atoms with Crippen LogP contribution in [0.4, 0.5) is 8.78 Å². The molecule has 2 rings (SSSR count). The molecule has 1 N–H and O–H groups in total. The number of aromatic nitrogens is 1. The Balaban J connectivity index is 2.19. The molecule has 120 valence electrons. The van der Waals surface area contributed by atoms with Gasteiger partial charge in [-0.15, -0.1) is 0 Å². The fourth-order valence-corrected chi connectivity index (χ4v) is 3.03. The monoisotopic (exact) mass is 339 g/mol. The van der Waals surface area contributed by atoms with Crippen LogP contribution in [-0.4, -0.2) is 18.9 Å². The number of nitriles is 1. The molecule has 1 aromatic heterocycles. The summed E-state index contributed by atoms with van der Waals surface area (Å²) in [4.78, 5) is 12.0. The smallest absolute Gasteiger partial charge is 0.281 e. The van der Waals surface area contributed by atoms with Crippen molar-refractivity contribution in [3.05, 3.63) is 58.9 Å². The number of amides is 1. The fraction of sp³-hybridized carbons (Fsp3) is 0.143. The molecule has 0 spiro atoms. The molecular formula is C14H11F2N3O3S. The third-order valence-corrected chi connectivity index (χ3v) is 4.27. The standard InChI is InChI=1S/C14H11F2N3O3S/c1-19-11(7-17)4-5-13(19)14(20)18-23(21,22)8-9-2-3-10(15)6-12(9)16/h2-6H,8H2,1H3,(H,18,20). The van der Waals surface area contributed by atoms with Crippen molar-refractivity contribution in [2.45, 2.75) is 5.75 Å². The summed E-state index contributed by atoms with van der Waals surface area (Å²) in [5.74, 6) is -3.62. The Morgan fingerprint density at radius 1 is 1.30 bits per heavy atom. The average Bonchev–Trinajstić information content (AvgIpc) is 2.82. The molecule has 23 heavy (non-hydrogen) atoms. The van der Waals surface area contributed by atoms with Crippen LogP contribution in [0.3, 0.4) is 0 Å². The number of nitrogens with one attached hydrogen (secondary N) is 1. The lowest BCUT2D eigenvalue weighted by atomic mass is 10.2. The van der Waals surface area contributed by atoms with E-state index >= 15 is 0 Å². The Kier molecular flexibility index (Phi) is 4.47. The predicted octanol–water partition coefficient (Wildman–Crippen LogP) is 1.43. The van der Waals surface area contributed by atoms with E-state index in [2.05, 4.69) is 0 Å². The minimum Gasteiger partial charge on any atom is -0.331 e. The summed E-state index contributed by atoms with van der Waals surface area (Å²) in [6.07, 6.45) is 0. The van der Waals surface area contributed by atoms with Crippen molar-refractivity contribution in [2.75, 3.05) is 0 Å². The van der Waals surface area contributed by atoms with Crippen LogP contribution < -0.4 is 4.72 Å². The summed E-state index contributed by atoms with van der Waals surface area (Å²) < 4.78 is 53.2. The predicted molar refractivity (Wildman–Crippen MR) is 76.6 cm³/mol. The Morgan fingerprint density at radius 2 is 2.00 bits per heavy atom. The van der Waals surface area contributed by atoms with Crippen LogP contribution in [0.1, 0.15) is 21.7 Å². The average molecular weight is 339 g/mol. The van der Waals surface area contributed by atoms with Gasteiger partial charge in [0, 0.05) is 18.7 Å². The molecule has 6 nitrogen and oxygen atoms in total. The van der Waals surface area contributed by atoms with Gasteiger partial charge in [-0.05, 0) is 18.2 Å². The van der Waals surface area contributed by atoms with Gasteiger partial charge in [0.05, 0.1) is 5.75 Å². The van der Waals surface area contributed by atoms with Gasteiger partial charge in [0.15, 0.2) is 0 Å². The second-order valence-corrected chi connectivity index (χ2v) is 6.42. The van der Waals surface area contributed by atoms with E-state index in [0.29, 0.717) is 6.07 Å². The highest BCUT2D eigenvalue weighted by molar-refractivity contribution is 7.89. The second-order valence-electron chi connectivity index (χ2n) is 4.70. The van der Waals surface area contributed by atoms with Crippen molar-refractivity contribution >= 4 is 15.9 Å². The Morgan fingerprint density at radius 3 is 2.57 bits per heavy atom. The van der Waals surface area contributed by atoms with E-state index in [0.717, 1.165) is 12.1 Å². The van der Waals surface area contributed by atoms with Crippen LogP contribution in [0.5, 0.6) is 0 Å². The molecule has 0 aliphatic rings. The summed E-state index contributed by atoms with van der Waals surface area (Å²) in [5, 5.41) is 8.80. The van der Waals surface area contributed by atoms with Crippen LogP contribution in [0, 0.1) is 23.0 Å². The van der Waals surface area contributed by atoms with Gasteiger partial charge in [0.1, 0.15) is 29.1 Å².